The van der Waals surface area contributed by atoms with Crippen LogP contribution in [0.2, 0.25) is 0 Å². The van der Waals surface area contributed by atoms with Crippen LogP contribution in [0.15, 0.2) is 31.2 Å². The maximum Gasteiger partial charge on any atom is 0.481 e. The Hall–Kier alpha value is -3.55. The summed E-state index contributed by atoms with van der Waals surface area (Å²) in [4.78, 5) is 84.4. The van der Waals surface area contributed by atoms with Crippen molar-refractivity contribution in [2.24, 2.45) is 11.8 Å². The normalized spacial score (nSPS) is 34.9. The maximum absolute atomic E-state index is 15.0. The Bertz CT molecular complexity index is 3230. The number of anilines is 2. The Morgan fingerprint density at radius 2 is 1.17 bits per heavy atom. The summed E-state index contributed by atoms with van der Waals surface area (Å²) in [5.41, 5.74) is 12.9. The lowest BCUT2D eigenvalue weighted by atomic mass is 9.82. The van der Waals surface area contributed by atoms with Crippen LogP contribution in [0.25, 0.3) is 22.3 Å². The van der Waals surface area contributed by atoms with E-state index >= 15 is 0 Å². The number of esters is 2. The van der Waals surface area contributed by atoms with E-state index in [1.807, 2.05) is 0 Å². The van der Waals surface area contributed by atoms with Gasteiger partial charge >= 0.3 is 41.0 Å². The van der Waals surface area contributed by atoms with E-state index in [0.29, 0.717) is 11.2 Å². The SMILES string of the molecule is CC(=O)OC[C@H](F)C1O[C@@H](OP(=O)(O)OP(O)(=S)OC[C@H]2O[C@@H](n3cnc4c(N)ncnc43)[C@@H](O)C2O)C(OC(C)=O)[C@@H](C)[C@@H]1C.Nc1ccnc2c1ncn2[C@@H]1O[C@H](COP(O)(=S)OP(=O)(O)O[C@@H]2OC([C@@H](F)CO)[C@@H](O)[C@H](O)C2O)C(O)[C@@H]1O. The number of phosphoric acid groups is 2. The molecule has 4 saturated heterocycles. The zero-order valence-corrected chi connectivity index (χ0v) is 50.0. The molecule has 4 aliphatic heterocycles. The molecule has 8 rings (SSSR count). The van der Waals surface area contributed by atoms with E-state index in [4.69, 9.17) is 74.7 Å². The Morgan fingerprint density at radius 1 is 0.663 bits per heavy atom. The quantitative estimate of drug-likeness (QED) is 0.0283. The number of aromatic nitrogens is 7. The van der Waals surface area contributed by atoms with Crippen molar-refractivity contribution in [3.05, 3.63) is 31.2 Å². The molecule has 4 fully saturated rings. The average Bonchev–Trinajstić information content (AvgIpc) is 1.70. The lowest BCUT2D eigenvalue weighted by Crippen LogP contribution is -2.60. The van der Waals surface area contributed by atoms with Gasteiger partial charge in [0.1, 0.15) is 85.0 Å². The zero-order chi connectivity index (χ0) is 63.7. The van der Waals surface area contributed by atoms with Crippen molar-refractivity contribution in [3.8, 4) is 0 Å². The number of hydrogen-bond acceptors (Lipinski definition) is 33. The third-order valence-corrected chi connectivity index (χ3v) is 20.5. The number of aliphatic hydroxyl groups excluding tert-OH is 8. The van der Waals surface area contributed by atoms with Crippen LogP contribution < -0.4 is 11.5 Å². The van der Waals surface area contributed by atoms with Crippen molar-refractivity contribution in [3.63, 3.8) is 0 Å². The molecule has 24 atom stereocenters. The van der Waals surface area contributed by atoms with Gasteiger partial charge in [0.25, 0.3) is 0 Å². The van der Waals surface area contributed by atoms with Crippen molar-refractivity contribution in [1.82, 2.24) is 34.1 Å². The summed E-state index contributed by atoms with van der Waals surface area (Å²) < 4.78 is 117. The summed E-state index contributed by atoms with van der Waals surface area (Å²) in [6.07, 6.45) is -25.8. The van der Waals surface area contributed by atoms with Gasteiger partial charge in [-0.2, -0.15) is 0 Å². The first-order valence-corrected chi connectivity index (χ1v) is 33.2. The van der Waals surface area contributed by atoms with E-state index in [1.54, 1.807) is 13.8 Å². The Morgan fingerprint density at radius 3 is 1.70 bits per heavy atom. The van der Waals surface area contributed by atoms with Crippen LogP contribution in [0, 0.1) is 11.8 Å². The maximum atomic E-state index is 15.0. The highest BCUT2D eigenvalue weighted by atomic mass is 32.5. The van der Waals surface area contributed by atoms with E-state index in [1.165, 1.54) is 34.1 Å². The molecule has 0 amide bonds. The van der Waals surface area contributed by atoms with Gasteiger partial charge in [0, 0.05) is 26.0 Å². The second-order valence-corrected chi connectivity index (χ2v) is 28.2. The monoisotopic (exact) mass is 1350 g/mol. The fourth-order valence-corrected chi connectivity index (χ4v) is 15.2. The summed E-state index contributed by atoms with van der Waals surface area (Å²) in [6.45, 7) is -7.44. The molecule has 484 valence electrons. The number of imidazole rings is 2. The van der Waals surface area contributed by atoms with Crippen molar-refractivity contribution in [2.45, 2.75) is 138 Å². The highest BCUT2D eigenvalue weighted by Gasteiger charge is 2.53. The first-order valence-electron chi connectivity index (χ1n) is 25.0. The van der Waals surface area contributed by atoms with Crippen molar-refractivity contribution in [2.75, 3.05) is 37.9 Å². The third kappa shape index (κ3) is 16.5. The van der Waals surface area contributed by atoms with Gasteiger partial charge in [-0.3, -0.25) is 27.8 Å². The van der Waals surface area contributed by atoms with E-state index in [0.717, 1.165) is 20.2 Å². The smallest absolute Gasteiger partial charge is 0.463 e. The van der Waals surface area contributed by atoms with Crippen LogP contribution in [0.3, 0.4) is 0 Å². The number of carbonyl (C=O) groups is 2. The molecule has 4 aromatic rings. The number of carbonyl (C=O) groups excluding carboxylic acids is 2. The predicted octanol–water partition coefficient (Wildman–Crippen LogP) is -2.64. The minimum Gasteiger partial charge on any atom is -0.463 e. The van der Waals surface area contributed by atoms with Crippen molar-refractivity contribution in [1.29, 1.82) is 0 Å². The number of aliphatic hydroxyl groups is 8. The van der Waals surface area contributed by atoms with Gasteiger partial charge in [0.05, 0.1) is 44.3 Å². The van der Waals surface area contributed by atoms with Crippen LogP contribution in [0.1, 0.15) is 40.2 Å². The number of hydrogen-bond donors (Lipinski definition) is 14. The fourth-order valence-electron chi connectivity index (χ4n) is 9.05. The number of halogens is 2. The molecular weight excluding hydrogens is 1290 g/mol. The number of nitrogens with zero attached hydrogens (tertiary/aromatic N) is 7. The highest BCUT2D eigenvalue weighted by Crippen LogP contribution is 2.63. The molecule has 0 aromatic carbocycles. The lowest BCUT2D eigenvalue weighted by Gasteiger charge is -2.44. The zero-order valence-electron chi connectivity index (χ0n) is 44.8. The third-order valence-electron chi connectivity index (χ3n) is 13.5. The number of nitrogens with two attached hydrogens (primary N) is 2. The predicted molar refractivity (Wildman–Crippen MR) is 285 cm³/mol. The standard InChI is InChI=1S/C23H34FN5O14P2S.C18H27FN4O14P2S/c1-9-10(2)19(39-12(4)31)23(41-18(9)13(24)5-37-11(3)30)42-44(34,35)43-45(36,46)38-6-14-16(32)17(33)22(40-14)29-8-28-15-20(25)26-7-27-21(15)29;19-6(3-24)15-12(27)11(26)14(29)18(35-15)36-38(30,31)37-39(32,40)33-4-8-10(25)13(28)17(34-8)23-5-22-9-7(20)1-2-21-16(9)23/h7-10,13-14,16-19,22-23,32-33H,5-6H2,1-4H3,(H,34,35)(H,36,46)(H2,25,26,27);1-2,5-6,8,10-15,17-18,24-29H,3-4H2,(H2,20,21)(H,30,31)(H,32,40)/t9-,10-,13-,14+,16?,17-,18?,19?,22+,23-,45?;6-,8+,10?,11-,12-,13-,14?,15?,17+,18-,39?/m00/s1. The molecule has 45 heteroatoms. The molecule has 0 aliphatic carbocycles. The van der Waals surface area contributed by atoms with Gasteiger partial charge in [-0.05, 0) is 35.6 Å². The first kappa shape index (κ1) is 69.9. The Kier molecular flexibility index (Phi) is 23.0. The average molecular weight is 1350 g/mol. The van der Waals surface area contributed by atoms with E-state index < -0.39 is 190 Å². The second-order valence-electron chi connectivity index (χ2n) is 19.5. The number of fused-ring (bicyclic) bond motifs is 2. The number of pyridine rings is 1. The van der Waals surface area contributed by atoms with Gasteiger partial charge in [-0.1, -0.05) is 13.8 Å². The summed E-state index contributed by atoms with van der Waals surface area (Å²) >= 11 is 9.53. The minimum absolute atomic E-state index is 0.0641. The summed E-state index contributed by atoms with van der Waals surface area (Å²) in [5, 5.41) is 80.7. The van der Waals surface area contributed by atoms with Crippen LogP contribution in [-0.4, -0.2) is 231 Å². The summed E-state index contributed by atoms with van der Waals surface area (Å²) in [6, 6.07) is 1.51. The molecular formula is C41H61F2N9O28P4S2. The molecule has 37 nitrogen and oxygen atoms in total. The molecule has 4 aliphatic rings. The molecule has 0 saturated carbocycles. The lowest BCUT2D eigenvalue weighted by molar-refractivity contribution is -0.287. The van der Waals surface area contributed by atoms with Crippen molar-refractivity contribution >= 4 is 98.5 Å². The van der Waals surface area contributed by atoms with Crippen molar-refractivity contribution < 1.29 is 143 Å². The van der Waals surface area contributed by atoms with Crippen LogP contribution in [0.4, 0.5) is 20.3 Å². The highest BCUT2D eigenvalue weighted by molar-refractivity contribution is 8.08. The summed E-state index contributed by atoms with van der Waals surface area (Å²) in [7, 11) is -10.9. The molecule has 0 radical (unpaired) electrons. The Labute approximate surface area is 493 Å². The van der Waals surface area contributed by atoms with Gasteiger partial charge in [0.15, 0.2) is 54.3 Å². The number of ether oxygens (including phenoxy) is 6. The number of rotatable bonds is 22. The molecule has 8 heterocycles. The van der Waals surface area contributed by atoms with E-state index in [-0.39, 0.29) is 22.6 Å². The first-order chi connectivity index (χ1) is 40.1. The van der Waals surface area contributed by atoms with Crippen LogP contribution in [0.5, 0.6) is 0 Å². The van der Waals surface area contributed by atoms with Crippen LogP contribution >= 0.6 is 29.1 Å². The number of nitrogen functional groups attached to an aromatic ring is 2. The summed E-state index contributed by atoms with van der Waals surface area (Å²) in [5.74, 6) is -2.87. The van der Waals surface area contributed by atoms with Gasteiger partial charge in [-0.25, -0.2) is 51.5 Å². The molecule has 10 unspecified atom stereocenters. The molecule has 16 N–H and O–H groups in total. The largest absolute Gasteiger partial charge is 0.481 e. The van der Waals surface area contributed by atoms with Crippen LogP contribution in [-0.2, 0) is 97.5 Å². The van der Waals surface area contributed by atoms with E-state index in [2.05, 4.69) is 45.6 Å². The molecule has 0 spiro atoms. The minimum atomic E-state index is -5.48. The molecule has 86 heavy (non-hydrogen) atoms. The number of phosphoric ester groups is 2. The Balaban J connectivity index is 0.000000248. The van der Waals surface area contributed by atoms with Gasteiger partial charge < -0.3 is 109 Å². The van der Waals surface area contributed by atoms with Gasteiger partial charge in [-0.15, -0.1) is 0 Å². The molecule has 0 bridgehead atoms. The topological polar surface area (TPSA) is 548 Å². The van der Waals surface area contributed by atoms with E-state index in [9.17, 15) is 82.8 Å². The molecule has 4 aromatic heterocycles. The van der Waals surface area contributed by atoms with Gasteiger partial charge in [0.2, 0.25) is 6.29 Å². The number of alkyl halides is 2. The fraction of sp³-hybridized carbons (Fsp3) is 0.683. The second kappa shape index (κ2) is 28.3.